The lowest BCUT2D eigenvalue weighted by molar-refractivity contribution is -0.135. The van der Waals surface area contributed by atoms with Crippen LogP contribution in [0.1, 0.15) is 18.7 Å². The lowest BCUT2D eigenvalue weighted by Gasteiger charge is -2.04. The summed E-state index contributed by atoms with van der Waals surface area (Å²) in [7, 11) is 0. The number of carbonyl (C=O) groups is 1. The first-order chi connectivity index (χ1) is 7.08. The molecule has 15 heavy (non-hydrogen) atoms. The van der Waals surface area contributed by atoms with Crippen molar-refractivity contribution in [2.45, 2.75) is 19.9 Å². The molecule has 0 aromatic carbocycles. The molecule has 0 aliphatic carbocycles. The first kappa shape index (κ1) is 10.8. The minimum Gasteiger partial charge on any atom is -0.405 e. The van der Waals surface area contributed by atoms with E-state index in [0.717, 1.165) is 8.66 Å². The van der Waals surface area contributed by atoms with Gasteiger partial charge < -0.3 is 4.74 Å². The third kappa shape index (κ3) is 2.13. The summed E-state index contributed by atoms with van der Waals surface area (Å²) in [4.78, 5) is 16.6. The Morgan fingerprint density at radius 2 is 2.27 bits per heavy atom. The Morgan fingerprint density at radius 3 is 2.73 bits per heavy atom. The van der Waals surface area contributed by atoms with Gasteiger partial charge in [-0.05, 0) is 34.0 Å². The molecular formula is C10H10BrNO2S. The predicted octanol–water partition coefficient (Wildman–Crippen LogP) is 2.84. The molecule has 1 aromatic heterocycles. The third-order valence-corrected chi connectivity index (χ3v) is 3.72. The number of aliphatic imine (C=N–C) groups is 1. The molecule has 1 aliphatic rings. The number of esters is 1. The van der Waals surface area contributed by atoms with Crippen molar-refractivity contribution in [3.8, 4) is 0 Å². The average molecular weight is 288 g/mol. The van der Waals surface area contributed by atoms with Crippen LogP contribution in [0.3, 0.4) is 0 Å². The maximum absolute atomic E-state index is 11.5. The number of nitrogens with zero attached hydrogens (tertiary/aromatic N) is 1. The van der Waals surface area contributed by atoms with Crippen LogP contribution >= 0.6 is 27.3 Å². The Labute approximate surface area is 100 Å². The fraction of sp³-hybridized carbons (Fsp3) is 0.400. The largest absolute Gasteiger partial charge is 0.405 e. The topological polar surface area (TPSA) is 38.7 Å². The second-order valence-electron chi connectivity index (χ2n) is 3.65. The summed E-state index contributed by atoms with van der Waals surface area (Å²) in [5, 5.41) is 0. The normalized spacial score (nSPS) is 20.7. The number of carbonyl (C=O) groups excluding carboxylic acids is 1. The molecule has 0 fully saturated rings. The van der Waals surface area contributed by atoms with Crippen molar-refractivity contribution in [1.82, 2.24) is 0 Å². The molecule has 0 N–H and O–H groups in total. The Bertz CT molecular complexity index is 425. The van der Waals surface area contributed by atoms with E-state index in [0.29, 0.717) is 5.90 Å². The quantitative estimate of drug-likeness (QED) is 0.785. The second-order valence-corrected chi connectivity index (χ2v) is 6.11. The van der Waals surface area contributed by atoms with Crippen LogP contribution in [0, 0.1) is 5.92 Å². The molecule has 3 nitrogen and oxygen atoms in total. The highest BCUT2D eigenvalue weighted by atomic mass is 79.9. The van der Waals surface area contributed by atoms with Crippen molar-refractivity contribution in [2.24, 2.45) is 10.9 Å². The van der Waals surface area contributed by atoms with Crippen molar-refractivity contribution >= 4 is 39.1 Å². The van der Waals surface area contributed by atoms with Gasteiger partial charge in [0.25, 0.3) is 0 Å². The molecule has 0 spiro atoms. The van der Waals surface area contributed by atoms with Gasteiger partial charge in [-0.3, -0.25) is 0 Å². The van der Waals surface area contributed by atoms with Gasteiger partial charge in [0, 0.05) is 0 Å². The zero-order valence-electron chi connectivity index (χ0n) is 8.36. The van der Waals surface area contributed by atoms with E-state index in [2.05, 4.69) is 20.9 Å². The minimum atomic E-state index is -0.346. The fourth-order valence-corrected chi connectivity index (χ4v) is 2.64. The highest BCUT2D eigenvalue weighted by Crippen LogP contribution is 2.26. The average Bonchev–Trinajstić information content (AvgIpc) is 2.71. The Kier molecular flexibility index (Phi) is 2.93. The molecular weight excluding hydrogens is 278 g/mol. The molecule has 80 valence electrons. The molecule has 0 saturated heterocycles. The summed E-state index contributed by atoms with van der Waals surface area (Å²) in [6.45, 7) is 3.92. The molecule has 2 heterocycles. The van der Waals surface area contributed by atoms with Crippen molar-refractivity contribution in [2.75, 3.05) is 0 Å². The SMILES string of the molecule is CC(C)C1N=C(c2ccc(Br)s2)OC1=O. The van der Waals surface area contributed by atoms with Crippen molar-refractivity contribution < 1.29 is 9.53 Å². The maximum atomic E-state index is 11.5. The highest BCUT2D eigenvalue weighted by molar-refractivity contribution is 9.11. The van der Waals surface area contributed by atoms with Crippen LogP contribution in [0.5, 0.6) is 0 Å². The molecule has 0 amide bonds. The molecule has 0 radical (unpaired) electrons. The molecule has 0 bridgehead atoms. The Balaban J connectivity index is 2.26. The maximum Gasteiger partial charge on any atom is 0.338 e. The van der Waals surface area contributed by atoms with E-state index in [-0.39, 0.29) is 17.9 Å². The van der Waals surface area contributed by atoms with Gasteiger partial charge >= 0.3 is 5.97 Å². The third-order valence-electron chi connectivity index (χ3n) is 2.11. The summed E-state index contributed by atoms with van der Waals surface area (Å²) in [6.07, 6.45) is 0. The number of hydrogen-bond donors (Lipinski definition) is 0. The van der Waals surface area contributed by atoms with Crippen LogP contribution in [0.2, 0.25) is 0 Å². The van der Waals surface area contributed by atoms with Crippen molar-refractivity contribution in [3.63, 3.8) is 0 Å². The van der Waals surface area contributed by atoms with Gasteiger partial charge in [0.05, 0.1) is 8.66 Å². The summed E-state index contributed by atoms with van der Waals surface area (Å²) >= 11 is 4.87. The van der Waals surface area contributed by atoms with Gasteiger partial charge in [-0.15, -0.1) is 11.3 Å². The van der Waals surface area contributed by atoms with Crippen LogP contribution in [0.15, 0.2) is 20.9 Å². The van der Waals surface area contributed by atoms with Crippen molar-refractivity contribution in [3.05, 3.63) is 20.8 Å². The summed E-state index contributed by atoms with van der Waals surface area (Å²) < 4.78 is 6.14. The molecule has 1 unspecified atom stereocenters. The zero-order chi connectivity index (χ0) is 11.0. The van der Waals surface area contributed by atoms with Crippen LogP contribution in [-0.2, 0) is 9.53 Å². The number of hydrogen-bond acceptors (Lipinski definition) is 4. The Hall–Kier alpha value is -0.680. The molecule has 0 saturated carbocycles. The first-order valence-electron chi connectivity index (χ1n) is 4.63. The monoisotopic (exact) mass is 287 g/mol. The molecule has 2 rings (SSSR count). The summed E-state index contributed by atoms with van der Waals surface area (Å²) in [6, 6.07) is 3.46. The van der Waals surface area contributed by atoms with E-state index >= 15 is 0 Å². The Morgan fingerprint density at radius 1 is 1.53 bits per heavy atom. The standard InChI is InChI=1S/C10H10BrNO2S/c1-5(2)8-10(13)14-9(12-8)6-3-4-7(11)15-6/h3-5,8H,1-2H3. The van der Waals surface area contributed by atoms with Crippen LogP contribution in [-0.4, -0.2) is 17.9 Å². The summed E-state index contributed by atoms with van der Waals surface area (Å²) in [5.41, 5.74) is 0. The molecule has 1 atom stereocenters. The van der Waals surface area contributed by atoms with E-state index in [1.165, 1.54) is 11.3 Å². The van der Waals surface area contributed by atoms with E-state index in [9.17, 15) is 4.79 Å². The summed E-state index contributed by atoms with van der Waals surface area (Å²) in [5.74, 6) is 0.386. The molecule has 1 aromatic rings. The zero-order valence-corrected chi connectivity index (χ0v) is 10.8. The minimum absolute atomic E-state index is 0.179. The second kappa shape index (κ2) is 4.06. The number of halogens is 1. The van der Waals surface area contributed by atoms with Gasteiger partial charge in [0.15, 0.2) is 6.04 Å². The van der Waals surface area contributed by atoms with Crippen molar-refractivity contribution in [1.29, 1.82) is 0 Å². The number of ether oxygens (including phenoxy) is 1. The van der Waals surface area contributed by atoms with Gasteiger partial charge in [-0.25, -0.2) is 9.79 Å². The smallest absolute Gasteiger partial charge is 0.338 e. The van der Waals surface area contributed by atoms with Crippen LogP contribution in [0.25, 0.3) is 0 Å². The van der Waals surface area contributed by atoms with Gasteiger partial charge in [0.1, 0.15) is 0 Å². The van der Waals surface area contributed by atoms with Gasteiger partial charge in [0.2, 0.25) is 5.90 Å². The van der Waals surface area contributed by atoms with E-state index in [4.69, 9.17) is 4.74 Å². The van der Waals surface area contributed by atoms with E-state index < -0.39 is 0 Å². The van der Waals surface area contributed by atoms with E-state index in [1.807, 2.05) is 26.0 Å². The molecule has 5 heteroatoms. The van der Waals surface area contributed by atoms with Gasteiger partial charge in [-0.1, -0.05) is 13.8 Å². The number of rotatable bonds is 2. The molecule has 1 aliphatic heterocycles. The first-order valence-corrected chi connectivity index (χ1v) is 6.24. The number of thiophene rings is 1. The van der Waals surface area contributed by atoms with Crippen LogP contribution < -0.4 is 0 Å². The predicted molar refractivity (Wildman–Crippen MR) is 63.3 cm³/mol. The number of cyclic esters (lactones) is 1. The lowest BCUT2D eigenvalue weighted by Crippen LogP contribution is -2.20. The fourth-order valence-electron chi connectivity index (χ4n) is 1.33. The van der Waals surface area contributed by atoms with Crippen LogP contribution in [0.4, 0.5) is 0 Å². The van der Waals surface area contributed by atoms with Gasteiger partial charge in [-0.2, -0.15) is 0 Å². The van der Waals surface area contributed by atoms with E-state index in [1.54, 1.807) is 0 Å². The lowest BCUT2D eigenvalue weighted by atomic mass is 10.1. The highest BCUT2D eigenvalue weighted by Gasteiger charge is 2.32.